The number of carbonyl (C=O) groups excluding carboxylic acids is 1. The van der Waals surface area contributed by atoms with Gasteiger partial charge in [-0.1, -0.05) is 24.3 Å². The highest BCUT2D eigenvalue weighted by Crippen LogP contribution is 2.32. The van der Waals surface area contributed by atoms with Crippen molar-refractivity contribution in [3.8, 4) is 5.75 Å². The van der Waals surface area contributed by atoms with Crippen molar-refractivity contribution in [2.45, 2.75) is 13.8 Å². The van der Waals surface area contributed by atoms with Crippen LogP contribution in [0.3, 0.4) is 0 Å². The number of amides is 1. The second kappa shape index (κ2) is 5.81. The number of nitrogens with one attached hydrogen (secondary N) is 1. The Hall–Kier alpha value is -2.33. The molecule has 1 heterocycles. The van der Waals surface area contributed by atoms with E-state index in [2.05, 4.69) is 5.32 Å². The van der Waals surface area contributed by atoms with Crippen molar-refractivity contribution in [2.24, 2.45) is 0 Å². The van der Waals surface area contributed by atoms with Gasteiger partial charge in [0.15, 0.2) is 0 Å². The third-order valence-corrected chi connectivity index (χ3v) is 4.92. The van der Waals surface area contributed by atoms with Crippen molar-refractivity contribution in [1.29, 1.82) is 0 Å². The molecule has 3 rings (SSSR count). The molecule has 0 bridgehead atoms. The first-order valence-corrected chi connectivity index (χ1v) is 7.86. The fraction of sp³-hybridized carbons (Fsp3) is 0.167. The molecule has 1 amide bonds. The van der Waals surface area contributed by atoms with E-state index >= 15 is 0 Å². The smallest absolute Gasteiger partial charge is 0.266 e. The van der Waals surface area contributed by atoms with Crippen LogP contribution in [0.1, 0.15) is 20.8 Å². The van der Waals surface area contributed by atoms with Crippen molar-refractivity contribution in [2.75, 3.05) is 12.4 Å². The predicted octanol–water partition coefficient (Wildman–Crippen LogP) is 4.78. The van der Waals surface area contributed by atoms with E-state index in [1.165, 1.54) is 11.3 Å². The largest absolute Gasteiger partial charge is 0.495 e. The van der Waals surface area contributed by atoms with Gasteiger partial charge in [-0.15, -0.1) is 11.3 Å². The van der Waals surface area contributed by atoms with Gasteiger partial charge in [0.1, 0.15) is 5.75 Å². The van der Waals surface area contributed by atoms with Crippen molar-refractivity contribution in [1.82, 2.24) is 0 Å². The summed E-state index contributed by atoms with van der Waals surface area (Å²) in [6.07, 6.45) is 0. The predicted molar refractivity (Wildman–Crippen MR) is 92.2 cm³/mol. The molecule has 3 aromatic rings. The number of rotatable bonds is 3. The molecule has 0 aliphatic rings. The number of aryl methyl sites for hydroxylation is 2. The van der Waals surface area contributed by atoms with Gasteiger partial charge in [0.2, 0.25) is 0 Å². The van der Waals surface area contributed by atoms with Gasteiger partial charge in [0, 0.05) is 4.70 Å². The molecule has 0 saturated carbocycles. The molecule has 0 radical (unpaired) electrons. The van der Waals surface area contributed by atoms with Gasteiger partial charge in [-0.05, 0) is 48.6 Å². The van der Waals surface area contributed by atoms with E-state index in [1.54, 1.807) is 7.11 Å². The van der Waals surface area contributed by atoms with Crippen LogP contribution in [0.15, 0.2) is 42.5 Å². The molecule has 0 aliphatic carbocycles. The molecule has 1 N–H and O–H groups in total. The Kier molecular flexibility index (Phi) is 3.86. The molecule has 0 unspecified atom stereocenters. The van der Waals surface area contributed by atoms with Crippen LogP contribution in [0.5, 0.6) is 5.75 Å². The maximum atomic E-state index is 12.6. The fourth-order valence-corrected chi connectivity index (χ4v) is 3.59. The lowest BCUT2D eigenvalue weighted by molar-refractivity contribution is 0.102. The number of hydrogen-bond donors (Lipinski definition) is 1. The van der Waals surface area contributed by atoms with Crippen LogP contribution in [0.2, 0.25) is 0 Å². The van der Waals surface area contributed by atoms with Crippen molar-refractivity contribution in [3.05, 3.63) is 58.5 Å². The highest BCUT2D eigenvalue weighted by atomic mass is 32.1. The Morgan fingerprint density at radius 3 is 2.64 bits per heavy atom. The summed E-state index contributed by atoms with van der Waals surface area (Å²) >= 11 is 1.52. The Morgan fingerprint density at radius 2 is 1.91 bits per heavy atom. The maximum Gasteiger partial charge on any atom is 0.266 e. The third kappa shape index (κ3) is 2.57. The lowest BCUT2D eigenvalue weighted by Crippen LogP contribution is -2.12. The molecule has 0 spiro atoms. The van der Waals surface area contributed by atoms with Gasteiger partial charge in [0.25, 0.3) is 5.91 Å². The van der Waals surface area contributed by atoms with Gasteiger partial charge >= 0.3 is 0 Å². The van der Waals surface area contributed by atoms with Gasteiger partial charge in [0.05, 0.1) is 17.7 Å². The monoisotopic (exact) mass is 311 g/mol. The molecule has 3 nitrogen and oxygen atoms in total. The van der Waals surface area contributed by atoms with Gasteiger partial charge in [-0.3, -0.25) is 4.79 Å². The van der Waals surface area contributed by atoms with Crippen LogP contribution in [0, 0.1) is 13.8 Å². The molecule has 0 saturated heterocycles. The quantitative estimate of drug-likeness (QED) is 0.756. The normalized spacial score (nSPS) is 10.7. The molecule has 0 atom stereocenters. The van der Waals surface area contributed by atoms with Crippen molar-refractivity contribution >= 4 is 33.0 Å². The summed E-state index contributed by atoms with van der Waals surface area (Å²) < 4.78 is 6.44. The number of benzene rings is 2. The van der Waals surface area contributed by atoms with Crippen LogP contribution in [0.4, 0.5) is 5.69 Å². The average Bonchev–Trinajstić information content (AvgIpc) is 2.85. The number of thiophene rings is 1. The van der Waals surface area contributed by atoms with Crippen LogP contribution in [-0.4, -0.2) is 13.0 Å². The van der Waals surface area contributed by atoms with Crippen LogP contribution in [0.25, 0.3) is 10.1 Å². The number of methoxy groups -OCH3 is 1. The van der Waals surface area contributed by atoms with Crippen molar-refractivity contribution in [3.63, 3.8) is 0 Å². The first-order valence-electron chi connectivity index (χ1n) is 7.04. The Labute approximate surface area is 133 Å². The summed E-state index contributed by atoms with van der Waals surface area (Å²) in [5, 5.41) is 4.10. The average molecular weight is 311 g/mol. The van der Waals surface area contributed by atoms with Crippen molar-refractivity contribution < 1.29 is 9.53 Å². The fourth-order valence-electron chi connectivity index (χ4n) is 2.49. The summed E-state index contributed by atoms with van der Waals surface area (Å²) in [4.78, 5) is 13.4. The van der Waals surface area contributed by atoms with Crippen LogP contribution >= 0.6 is 11.3 Å². The molecule has 0 fully saturated rings. The summed E-state index contributed by atoms with van der Waals surface area (Å²) in [5.41, 5.74) is 2.79. The molecule has 2 aromatic carbocycles. The minimum Gasteiger partial charge on any atom is -0.495 e. The number of carbonyl (C=O) groups is 1. The number of fused-ring (bicyclic) bond motifs is 1. The highest BCUT2D eigenvalue weighted by Gasteiger charge is 2.16. The zero-order valence-corrected chi connectivity index (χ0v) is 13.6. The van der Waals surface area contributed by atoms with E-state index in [0.29, 0.717) is 11.4 Å². The Morgan fingerprint density at radius 1 is 1.14 bits per heavy atom. The maximum absolute atomic E-state index is 12.6. The Bertz CT molecular complexity index is 851. The SMILES string of the molecule is COc1ccc(C)cc1NC(=O)c1sc2ccccc2c1C. The van der Waals surface area contributed by atoms with Gasteiger partial charge in [-0.25, -0.2) is 0 Å². The molecule has 0 aliphatic heterocycles. The molecule has 4 heteroatoms. The molecule has 1 aromatic heterocycles. The zero-order chi connectivity index (χ0) is 15.7. The minimum absolute atomic E-state index is 0.0948. The first kappa shape index (κ1) is 14.6. The summed E-state index contributed by atoms with van der Waals surface area (Å²) in [7, 11) is 1.60. The first-order chi connectivity index (χ1) is 10.6. The van der Waals surface area contributed by atoms with E-state index in [1.807, 2.05) is 56.3 Å². The second-order valence-electron chi connectivity index (χ2n) is 5.21. The van der Waals surface area contributed by atoms with Crippen LogP contribution in [-0.2, 0) is 0 Å². The molecule has 112 valence electrons. The number of hydrogen-bond acceptors (Lipinski definition) is 3. The standard InChI is InChI=1S/C18H17NO2S/c1-11-8-9-15(21-3)14(10-11)19-18(20)17-12(2)13-6-4-5-7-16(13)22-17/h4-10H,1-3H3,(H,19,20). The van der Waals surface area contributed by atoms with E-state index in [-0.39, 0.29) is 5.91 Å². The lowest BCUT2D eigenvalue weighted by atomic mass is 10.1. The molecular weight excluding hydrogens is 294 g/mol. The number of anilines is 1. The van der Waals surface area contributed by atoms with Crippen LogP contribution < -0.4 is 10.1 Å². The van der Waals surface area contributed by atoms with E-state index in [4.69, 9.17) is 4.74 Å². The molecular formula is C18H17NO2S. The number of ether oxygens (including phenoxy) is 1. The summed E-state index contributed by atoms with van der Waals surface area (Å²) in [6.45, 7) is 3.97. The van der Waals surface area contributed by atoms with Gasteiger partial charge < -0.3 is 10.1 Å². The third-order valence-electron chi connectivity index (χ3n) is 3.65. The van der Waals surface area contributed by atoms with E-state index in [0.717, 1.165) is 26.1 Å². The topological polar surface area (TPSA) is 38.3 Å². The van der Waals surface area contributed by atoms with Gasteiger partial charge in [-0.2, -0.15) is 0 Å². The highest BCUT2D eigenvalue weighted by molar-refractivity contribution is 7.21. The summed E-state index contributed by atoms with van der Waals surface area (Å²) in [5.74, 6) is 0.570. The van der Waals surface area contributed by atoms with E-state index in [9.17, 15) is 4.79 Å². The summed E-state index contributed by atoms with van der Waals surface area (Å²) in [6, 6.07) is 13.8. The Balaban J connectivity index is 1.97. The zero-order valence-electron chi connectivity index (χ0n) is 12.8. The van der Waals surface area contributed by atoms with E-state index < -0.39 is 0 Å². The second-order valence-corrected chi connectivity index (χ2v) is 6.26. The lowest BCUT2D eigenvalue weighted by Gasteiger charge is -2.10. The molecule has 22 heavy (non-hydrogen) atoms. The minimum atomic E-state index is -0.0948.